The predicted molar refractivity (Wildman–Crippen MR) is 121 cm³/mol. The quantitative estimate of drug-likeness (QED) is 0.317. The first kappa shape index (κ1) is 20.4. The Balaban J connectivity index is 1.83. The fourth-order valence-electron chi connectivity index (χ4n) is 3.03. The van der Waals surface area contributed by atoms with E-state index in [0.717, 1.165) is 20.3 Å². The standard InChI is InChI=1S/C22H15ClN2O3S2/c1-3-11-25-15-10-9-13(21(27)28-4-2)12-17(15)30-22(25)24-20(26)19-18(23)14-7-5-6-8-16(14)29-19/h1,5-10,12H,4,11H2,2H3. The maximum absolute atomic E-state index is 12.9. The van der Waals surface area contributed by atoms with E-state index in [0.29, 0.717) is 26.9 Å². The van der Waals surface area contributed by atoms with Gasteiger partial charge in [0, 0.05) is 10.1 Å². The zero-order valence-corrected chi connectivity index (χ0v) is 18.2. The molecule has 0 radical (unpaired) electrons. The first-order valence-corrected chi connectivity index (χ1v) is 11.0. The van der Waals surface area contributed by atoms with E-state index in [-0.39, 0.29) is 6.54 Å². The highest BCUT2D eigenvalue weighted by atomic mass is 35.5. The molecule has 0 aliphatic rings. The van der Waals surface area contributed by atoms with E-state index >= 15 is 0 Å². The fourth-order valence-corrected chi connectivity index (χ4v) is 5.50. The average molecular weight is 455 g/mol. The number of amides is 1. The lowest BCUT2D eigenvalue weighted by Crippen LogP contribution is -2.16. The molecule has 0 unspecified atom stereocenters. The van der Waals surface area contributed by atoms with Crippen LogP contribution in [-0.2, 0) is 11.3 Å². The number of fused-ring (bicyclic) bond motifs is 2. The van der Waals surface area contributed by atoms with Gasteiger partial charge in [-0.15, -0.1) is 17.8 Å². The molecule has 0 saturated carbocycles. The second-order valence-electron chi connectivity index (χ2n) is 6.24. The van der Waals surface area contributed by atoms with E-state index < -0.39 is 11.9 Å². The summed E-state index contributed by atoms with van der Waals surface area (Å²) in [6.45, 7) is 2.29. The van der Waals surface area contributed by atoms with E-state index in [2.05, 4.69) is 10.9 Å². The van der Waals surface area contributed by atoms with Crippen molar-refractivity contribution in [1.29, 1.82) is 0 Å². The van der Waals surface area contributed by atoms with Crippen molar-refractivity contribution in [2.75, 3.05) is 6.61 Å². The van der Waals surface area contributed by atoms with Crippen molar-refractivity contribution >= 4 is 66.5 Å². The van der Waals surface area contributed by atoms with Crippen LogP contribution >= 0.6 is 34.3 Å². The molecule has 1 amide bonds. The zero-order valence-electron chi connectivity index (χ0n) is 15.8. The molecule has 0 aliphatic carbocycles. The smallest absolute Gasteiger partial charge is 0.338 e. The highest BCUT2D eigenvalue weighted by molar-refractivity contribution is 7.21. The van der Waals surface area contributed by atoms with Gasteiger partial charge in [0.2, 0.25) is 0 Å². The summed E-state index contributed by atoms with van der Waals surface area (Å²) < 4.78 is 8.54. The molecule has 2 heterocycles. The van der Waals surface area contributed by atoms with Gasteiger partial charge in [-0.25, -0.2) is 4.79 Å². The Morgan fingerprint density at radius 3 is 2.73 bits per heavy atom. The summed E-state index contributed by atoms with van der Waals surface area (Å²) in [6.07, 6.45) is 5.53. The minimum atomic E-state index is -0.427. The number of thiazole rings is 1. The van der Waals surface area contributed by atoms with Crippen LogP contribution in [0.15, 0.2) is 47.5 Å². The third-order valence-electron chi connectivity index (χ3n) is 4.37. The summed E-state index contributed by atoms with van der Waals surface area (Å²) in [4.78, 5) is 30.1. The highest BCUT2D eigenvalue weighted by Gasteiger charge is 2.18. The van der Waals surface area contributed by atoms with Gasteiger partial charge in [0.1, 0.15) is 4.88 Å². The van der Waals surface area contributed by atoms with Gasteiger partial charge in [0.15, 0.2) is 4.80 Å². The van der Waals surface area contributed by atoms with E-state index in [4.69, 9.17) is 22.8 Å². The average Bonchev–Trinajstić information content (AvgIpc) is 3.26. The third-order valence-corrected chi connectivity index (χ3v) is 7.07. The lowest BCUT2D eigenvalue weighted by Gasteiger charge is -2.03. The van der Waals surface area contributed by atoms with Gasteiger partial charge < -0.3 is 9.30 Å². The molecule has 0 bridgehead atoms. The van der Waals surface area contributed by atoms with Gasteiger partial charge in [0.25, 0.3) is 5.91 Å². The summed E-state index contributed by atoms with van der Waals surface area (Å²) >= 11 is 9.02. The van der Waals surface area contributed by atoms with Gasteiger partial charge >= 0.3 is 5.97 Å². The Hall–Kier alpha value is -2.92. The van der Waals surface area contributed by atoms with Gasteiger partial charge in [0.05, 0.1) is 34.0 Å². The first-order chi connectivity index (χ1) is 14.5. The Morgan fingerprint density at radius 2 is 2.00 bits per heavy atom. The van der Waals surface area contributed by atoms with Gasteiger partial charge in [-0.05, 0) is 31.2 Å². The molecule has 2 aromatic carbocycles. The van der Waals surface area contributed by atoms with Crippen LogP contribution in [-0.4, -0.2) is 23.1 Å². The second kappa shape index (κ2) is 8.44. The first-order valence-electron chi connectivity index (χ1n) is 9.03. The van der Waals surface area contributed by atoms with Crippen LogP contribution < -0.4 is 4.80 Å². The maximum atomic E-state index is 12.9. The van der Waals surface area contributed by atoms with E-state index in [1.165, 1.54) is 22.7 Å². The SMILES string of the molecule is C#CCn1c(=NC(=O)c2sc3ccccc3c2Cl)sc2cc(C(=O)OCC)ccc21. The number of terminal acetylenes is 1. The largest absolute Gasteiger partial charge is 0.462 e. The Kier molecular flexibility index (Phi) is 5.73. The predicted octanol–water partition coefficient (Wildman–Crippen LogP) is 5.12. The topological polar surface area (TPSA) is 60.7 Å². The number of carbonyl (C=O) groups excluding carboxylic acids is 2. The van der Waals surface area contributed by atoms with E-state index in [1.807, 2.05) is 24.3 Å². The number of esters is 1. The number of aromatic nitrogens is 1. The fraction of sp³-hybridized carbons (Fsp3) is 0.136. The van der Waals surface area contributed by atoms with Gasteiger partial charge in [-0.2, -0.15) is 4.99 Å². The Morgan fingerprint density at radius 1 is 1.20 bits per heavy atom. The normalized spacial score (nSPS) is 11.7. The number of rotatable bonds is 4. The molecule has 0 aliphatic heterocycles. The van der Waals surface area contributed by atoms with Crippen molar-refractivity contribution in [3.8, 4) is 12.3 Å². The molecule has 30 heavy (non-hydrogen) atoms. The monoisotopic (exact) mass is 454 g/mol. The summed E-state index contributed by atoms with van der Waals surface area (Å²) in [6, 6.07) is 12.7. The lowest BCUT2D eigenvalue weighted by atomic mass is 10.2. The van der Waals surface area contributed by atoms with Crippen molar-refractivity contribution in [1.82, 2.24) is 4.57 Å². The molecule has 0 spiro atoms. The van der Waals surface area contributed by atoms with Crippen LogP contribution in [0.3, 0.4) is 0 Å². The second-order valence-corrected chi connectivity index (χ2v) is 8.68. The third kappa shape index (κ3) is 3.65. The molecule has 4 rings (SSSR count). The molecule has 0 fully saturated rings. The number of ether oxygens (including phenoxy) is 1. The highest BCUT2D eigenvalue weighted by Crippen LogP contribution is 2.35. The molecular formula is C22H15ClN2O3S2. The molecule has 8 heteroatoms. The number of thiophene rings is 1. The van der Waals surface area contributed by atoms with Gasteiger partial charge in [-0.1, -0.05) is 47.1 Å². The number of nitrogens with zero attached hydrogens (tertiary/aromatic N) is 2. The van der Waals surface area contributed by atoms with Crippen molar-refractivity contribution in [2.24, 2.45) is 4.99 Å². The molecule has 2 aromatic heterocycles. The van der Waals surface area contributed by atoms with Crippen molar-refractivity contribution in [3.63, 3.8) is 0 Å². The summed E-state index contributed by atoms with van der Waals surface area (Å²) in [7, 11) is 0. The van der Waals surface area contributed by atoms with Crippen LogP contribution in [0.2, 0.25) is 5.02 Å². The molecule has 0 atom stereocenters. The summed E-state index contributed by atoms with van der Waals surface area (Å²) in [5, 5.41) is 1.23. The van der Waals surface area contributed by atoms with Crippen LogP contribution in [0.1, 0.15) is 27.0 Å². The van der Waals surface area contributed by atoms with Crippen LogP contribution in [0.25, 0.3) is 20.3 Å². The van der Waals surface area contributed by atoms with Crippen LogP contribution in [0.5, 0.6) is 0 Å². The number of hydrogen-bond acceptors (Lipinski definition) is 5. The molecule has 150 valence electrons. The molecular weight excluding hydrogens is 440 g/mol. The summed E-state index contributed by atoms with van der Waals surface area (Å²) in [5.41, 5.74) is 1.23. The Bertz CT molecular complexity index is 1410. The number of hydrogen-bond donors (Lipinski definition) is 0. The van der Waals surface area contributed by atoms with Crippen LogP contribution in [0, 0.1) is 12.3 Å². The Labute approximate surface area is 185 Å². The summed E-state index contributed by atoms with van der Waals surface area (Å²) in [5.74, 6) is 1.76. The number of carbonyl (C=O) groups is 2. The zero-order chi connectivity index (χ0) is 21.3. The maximum Gasteiger partial charge on any atom is 0.338 e. The molecule has 5 nitrogen and oxygen atoms in total. The van der Waals surface area contributed by atoms with E-state index in [1.54, 1.807) is 29.7 Å². The van der Waals surface area contributed by atoms with Crippen molar-refractivity contribution < 1.29 is 14.3 Å². The molecule has 0 saturated heterocycles. The number of halogens is 1. The number of benzene rings is 2. The molecule has 4 aromatic rings. The van der Waals surface area contributed by atoms with E-state index in [9.17, 15) is 9.59 Å². The van der Waals surface area contributed by atoms with Crippen molar-refractivity contribution in [2.45, 2.75) is 13.5 Å². The van der Waals surface area contributed by atoms with Crippen LogP contribution in [0.4, 0.5) is 0 Å². The molecule has 0 N–H and O–H groups in total. The lowest BCUT2D eigenvalue weighted by molar-refractivity contribution is 0.0526. The minimum absolute atomic E-state index is 0.241. The van der Waals surface area contributed by atoms with Crippen molar-refractivity contribution in [3.05, 3.63) is 62.7 Å². The van der Waals surface area contributed by atoms with Gasteiger partial charge in [-0.3, -0.25) is 4.79 Å². The minimum Gasteiger partial charge on any atom is -0.462 e.